The predicted octanol–water partition coefficient (Wildman–Crippen LogP) is -3.82. The quantitative estimate of drug-likeness (QED) is 0.168. The lowest BCUT2D eigenvalue weighted by molar-refractivity contribution is -0.296. The van der Waals surface area contributed by atoms with E-state index in [1.165, 1.54) is 0 Å². The molecule has 1 aliphatic rings. The fourth-order valence-corrected chi connectivity index (χ4v) is 1.61. The van der Waals surface area contributed by atoms with E-state index in [4.69, 9.17) is 20.4 Å². The summed E-state index contributed by atoms with van der Waals surface area (Å²) in [6.07, 6.45) is -6.65. The van der Waals surface area contributed by atoms with Crippen molar-refractivity contribution in [1.29, 1.82) is 0 Å². The van der Waals surface area contributed by atoms with Crippen molar-refractivity contribution in [1.82, 2.24) is 5.43 Å². The summed E-state index contributed by atoms with van der Waals surface area (Å²) in [5.74, 6) is 4.39. The van der Waals surface area contributed by atoms with E-state index in [-0.39, 0.29) is 13.0 Å². The summed E-state index contributed by atoms with van der Waals surface area (Å²) in [6.45, 7) is -0.653. The van der Waals surface area contributed by atoms with Gasteiger partial charge in [-0.05, 0) is 0 Å². The van der Waals surface area contributed by atoms with Gasteiger partial charge in [-0.1, -0.05) is 0 Å². The zero-order valence-electron chi connectivity index (χ0n) is 9.60. The largest absolute Gasteiger partial charge is 0.394 e. The Morgan fingerprint density at radius 1 is 1.33 bits per heavy atom. The number of amides is 1. The van der Waals surface area contributed by atoms with Gasteiger partial charge in [0.25, 0.3) is 0 Å². The van der Waals surface area contributed by atoms with Crippen LogP contribution in [0.5, 0.6) is 0 Å². The normalized spacial score (nSPS) is 36.4. The topological polar surface area (TPSA) is 154 Å². The number of aliphatic hydroxyl groups excluding tert-OH is 4. The Morgan fingerprint density at radius 3 is 2.56 bits per heavy atom. The van der Waals surface area contributed by atoms with Crippen LogP contribution in [-0.2, 0) is 14.3 Å². The maximum Gasteiger partial charge on any atom is 0.236 e. The Kier molecular flexibility index (Phi) is 5.88. The van der Waals surface area contributed by atoms with E-state index in [0.29, 0.717) is 0 Å². The van der Waals surface area contributed by atoms with Crippen LogP contribution in [0.1, 0.15) is 6.42 Å². The molecule has 1 heterocycles. The highest BCUT2D eigenvalue weighted by atomic mass is 16.7. The molecule has 0 spiro atoms. The molecule has 0 aromatic rings. The average Bonchev–Trinajstić information content (AvgIpc) is 2.37. The minimum absolute atomic E-state index is 0.0635. The van der Waals surface area contributed by atoms with E-state index in [1.54, 1.807) is 0 Å². The van der Waals surface area contributed by atoms with Crippen LogP contribution in [0, 0.1) is 0 Å². The third-order valence-corrected chi connectivity index (χ3v) is 2.64. The number of hydrogen-bond donors (Lipinski definition) is 6. The summed E-state index contributed by atoms with van der Waals surface area (Å²) >= 11 is 0. The highest BCUT2D eigenvalue weighted by molar-refractivity contribution is 5.75. The highest BCUT2D eigenvalue weighted by Gasteiger charge is 2.44. The molecular formula is C9H18N2O7. The predicted molar refractivity (Wildman–Crippen MR) is 56.7 cm³/mol. The van der Waals surface area contributed by atoms with Gasteiger partial charge in [0.05, 0.1) is 19.6 Å². The molecule has 0 aliphatic carbocycles. The number of nitrogens with two attached hydrogens (primary N) is 1. The van der Waals surface area contributed by atoms with Gasteiger partial charge < -0.3 is 29.9 Å². The molecular weight excluding hydrogens is 248 g/mol. The van der Waals surface area contributed by atoms with Gasteiger partial charge in [0, 0.05) is 0 Å². The minimum Gasteiger partial charge on any atom is -0.394 e. The summed E-state index contributed by atoms with van der Waals surface area (Å²) in [7, 11) is 0. The maximum atomic E-state index is 10.8. The molecule has 0 bridgehead atoms. The summed E-state index contributed by atoms with van der Waals surface area (Å²) in [5, 5.41) is 37.6. The van der Waals surface area contributed by atoms with Gasteiger partial charge in [0.2, 0.25) is 5.91 Å². The Balaban J connectivity index is 2.47. The Morgan fingerprint density at radius 2 is 2.00 bits per heavy atom. The molecule has 1 aliphatic heterocycles. The SMILES string of the molecule is NNC(=O)CCO[C@H]1[C@@H](O)[C@H](O)[C@@H](CO)O[C@@H]1O. The summed E-state index contributed by atoms with van der Waals surface area (Å²) in [5.41, 5.74) is 1.89. The number of hydrazine groups is 1. The Bertz CT molecular complexity index is 278. The molecule has 7 N–H and O–H groups in total. The average molecular weight is 266 g/mol. The van der Waals surface area contributed by atoms with Crippen LogP contribution < -0.4 is 11.3 Å². The second-order valence-corrected chi connectivity index (χ2v) is 3.88. The number of carbonyl (C=O) groups is 1. The number of rotatable bonds is 5. The van der Waals surface area contributed by atoms with Crippen LogP contribution in [0.25, 0.3) is 0 Å². The maximum absolute atomic E-state index is 10.8. The molecule has 106 valence electrons. The molecule has 9 heteroatoms. The second-order valence-electron chi connectivity index (χ2n) is 3.88. The van der Waals surface area contributed by atoms with Crippen LogP contribution in [0.2, 0.25) is 0 Å². The van der Waals surface area contributed by atoms with E-state index in [1.807, 2.05) is 5.43 Å². The molecule has 5 atom stereocenters. The molecule has 1 fully saturated rings. The smallest absolute Gasteiger partial charge is 0.236 e. The molecule has 18 heavy (non-hydrogen) atoms. The lowest BCUT2D eigenvalue weighted by Gasteiger charge is -2.39. The molecule has 0 saturated carbocycles. The zero-order valence-corrected chi connectivity index (χ0v) is 9.60. The molecule has 1 amide bonds. The van der Waals surface area contributed by atoms with Gasteiger partial charge in [0.15, 0.2) is 6.29 Å². The van der Waals surface area contributed by atoms with Gasteiger partial charge in [-0.3, -0.25) is 10.2 Å². The van der Waals surface area contributed by atoms with Crippen molar-refractivity contribution in [3.8, 4) is 0 Å². The molecule has 1 saturated heterocycles. The summed E-state index contributed by atoms with van der Waals surface area (Å²) < 4.78 is 9.92. The fraction of sp³-hybridized carbons (Fsp3) is 0.889. The van der Waals surface area contributed by atoms with Crippen molar-refractivity contribution < 1.29 is 34.7 Å². The standard InChI is InChI=1S/C9H18N2O7/c10-11-5(13)1-2-17-8-7(15)6(14)4(3-12)18-9(8)16/h4,6-9,12,14-16H,1-3,10H2,(H,11,13)/t4-,6-,7+,8+,9+/m1/s1. The van der Waals surface area contributed by atoms with Crippen molar-refractivity contribution >= 4 is 5.91 Å². The summed E-state index contributed by atoms with van der Waals surface area (Å²) in [4.78, 5) is 10.8. The van der Waals surface area contributed by atoms with Crippen LogP contribution in [0.15, 0.2) is 0 Å². The molecule has 9 nitrogen and oxygen atoms in total. The van der Waals surface area contributed by atoms with Gasteiger partial charge in [0.1, 0.15) is 24.4 Å². The minimum atomic E-state index is -1.50. The second kappa shape index (κ2) is 6.95. The molecule has 0 aromatic heterocycles. The van der Waals surface area contributed by atoms with Crippen molar-refractivity contribution in [3.63, 3.8) is 0 Å². The first-order chi connectivity index (χ1) is 8.51. The number of hydrogen-bond acceptors (Lipinski definition) is 8. The summed E-state index contributed by atoms with van der Waals surface area (Å²) in [6, 6.07) is 0. The number of aliphatic hydroxyl groups is 4. The van der Waals surface area contributed by atoms with E-state index < -0.39 is 43.2 Å². The highest BCUT2D eigenvalue weighted by Crippen LogP contribution is 2.22. The monoisotopic (exact) mass is 266 g/mol. The van der Waals surface area contributed by atoms with Gasteiger partial charge >= 0.3 is 0 Å². The first-order valence-electron chi connectivity index (χ1n) is 5.42. The number of nitrogens with one attached hydrogen (secondary N) is 1. The van der Waals surface area contributed by atoms with E-state index in [0.717, 1.165) is 0 Å². The van der Waals surface area contributed by atoms with Gasteiger partial charge in [-0.15, -0.1) is 0 Å². The van der Waals surface area contributed by atoms with E-state index >= 15 is 0 Å². The zero-order chi connectivity index (χ0) is 13.7. The molecule has 0 radical (unpaired) electrons. The number of carbonyl (C=O) groups excluding carboxylic acids is 1. The van der Waals surface area contributed by atoms with E-state index in [2.05, 4.69) is 0 Å². The molecule has 0 unspecified atom stereocenters. The first kappa shape index (κ1) is 15.2. The fourth-order valence-electron chi connectivity index (χ4n) is 1.61. The molecule has 1 rings (SSSR count). The van der Waals surface area contributed by atoms with Crippen molar-refractivity contribution in [2.45, 2.75) is 37.1 Å². The van der Waals surface area contributed by atoms with Crippen molar-refractivity contribution in [3.05, 3.63) is 0 Å². The van der Waals surface area contributed by atoms with Gasteiger partial charge in [-0.25, -0.2) is 5.84 Å². The van der Waals surface area contributed by atoms with Crippen molar-refractivity contribution in [2.75, 3.05) is 13.2 Å². The van der Waals surface area contributed by atoms with Gasteiger partial charge in [-0.2, -0.15) is 0 Å². The third-order valence-electron chi connectivity index (χ3n) is 2.64. The Labute approximate surface area is 103 Å². The van der Waals surface area contributed by atoms with Crippen molar-refractivity contribution in [2.24, 2.45) is 5.84 Å². The third kappa shape index (κ3) is 3.59. The Hall–Kier alpha value is -0.810. The number of ether oxygens (including phenoxy) is 2. The lowest BCUT2D eigenvalue weighted by atomic mass is 9.99. The van der Waals surface area contributed by atoms with E-state index in [9.17, 15) is 20.1 Å². The molecule has 0 aromatic carbocycles. The van der Waals surface area contributed by atoms with Crippen LogP contribution in [-0.4, -0.2) is 70.3 Å². The lowest BCUT2D eigenvalue weighted by Crippen LogP contribution is -2.59. The van der Waals surface area contributed by atoms with Crippen LogP contribution in [0.3, 0.4) is 0 Å². The van der Waals surface area contributed by atoms with Crippen LogP contribution in [0.4, 0.5) is 0 Å². The van der Waals surface area contributed by atoms with Crippen LogP contribution >= 0.6 is 0 Å². The first-order valence-corrected chi connectivity index (χ1v) is 5.42.